The number of rotatable bonds is 26. The maximum absolute atomic E-state index is 11.7. The molecule has 0 aliphatic carbocycles. The Hall–Kier alpha value is -2.05. The van der Waals surface area contributed by atoms with Gasteiger partial charge in [0.2, 0.25) is 0 Å². The number of nitrogens with zero attached hydrogens (tertiary/aromatic N) is 3. The zero-order valence-electron chi connectivity index (χ0n) is 50.3. The van der Waals surface area contributed by atoms with Gasteiger partial charge in [-0.05, 0) is 84.7 Å². The van der Waals surface area contributed by atoms with E-state index in [1.165, 1.54) is 13.8 Å². The van der Waals surface area contributed by atoms with Crippen LogP contribution in [0.1, 0.15) is 145 Å². The van der Waals surface area contributed by atoms with Crippen molar-refractivity contribution >= 4 is 28.9 Å². The molecule has 0 saturated carbocycles. The normalized spacial score (nSPS) is 11.6. The summed E-state index contributed by atoms with van der Waals surface area (Å²) in [6.45, 7) is 48.2. The first-order valence-corrected chi connectivity index (χ1v) is 25.2. The lowest BCUT2D eigenvalue weighted by atomic mass is 9.80. The molecule has 0 heterocycles. The van der Waals surface area contributed by atoms with Crippen LogP contribution in [0.15, 0.2) is 0 Å². The summed E-state index contributed by atoms with van der Waals surface area (Å²) in [5.74, 6) is 3.23. The molecule has 4 N–H and O–H groups in total. The van der Waals surface area contributed by atoms with Crippen molar-refractivity contribution in [2.75, 3.05) is 141 Å². The number of ether oxygens (including phenoxy) is 5. The summed E-state index contributed by atoms with van der Waals surface area (Å²) >= 11 is 0. The standard InChI is InChI=1S/C12H25NO2.C10H21NO2.C8H17NO2.C7H15NO2.C5H11NO2.3C4H10/c1-10(12(2,3)4)11(14)9-15-8-7-13(5)6;1-8(10(2,3)4)9(12)7-13-6-5-11;1-4-8(10)7-11-6-5-9(2)3;1-7(9)6-10-5-4-8(2)3;1-5(7)4-8-3-2-6;3*1-4(2)3/h10H,7-9H2,1-6H3;8H,5-7,11H2,1-4H3;4-7H2,1-3H3;4-6H2,1-3H3;2-4,6H2,1H3;3*4H,1-3H3. The van der Waals surface area contributed by atoms with Gasteiger partial charge in [0.05, 0.1) is 33.0 Å². The highest BCUT2D eigenvalue weighted by Gasteiger charge is 2.27. The molecule has 0 radical (unpaired) electrons. The summed E-state index contributed by atoms with van der Waals surface area (Å²) < 4.78 is 25.3. The van der Waals surface area contributed by atoms with E-state index in [0.717, 1.165) is 37.4 Å². The maximum Gasteiger partial charge on any atom is 0.161 e. The van der Waals surface area contributed by atoms with E-state index in [1.54, 1.807) is 0 Å². The van der Waals surface area contributed by atoms with Crippen molar-refractivity contribution in [3.8, 4) is 0 Å². The van der Waals surface area contributed by atoms with E-state index in [-0.39, 0.29) is 84.6 Å². The van der Waals surface area contributed by atoms with Crippen LogP contribution in [0.5, 0.6) is 0 Å². The molecule has 0 aromatic rings. The third-order valence-electron chi connectivity index (χ3n) is 7.89. The van der Waals surface area contributed by atoms with Crippen LogP contribution in [0, 0.1) is 40.4 Å². The molecule has 0 spiro atoms. The molecule has 0 aliphatic rings. The molecular formula is C54H119N5O10. The largest absolute Gasteiger partial charge is 0.372 e. The summed E-state index contributed by atoms with van der Waals surface area (Å²) in [7, 11) is 11.9. The summed E-state index contributed by atoms with van der Waals surface area (Å²) in [5.41, 5.74) is 10.4. The zero-order valence-corrected chi connectivity index (χ0v) is 50.3. The third-order valence-corrected chi connectivity index (χ3v) is 7.89. The van der Waals surface area contributed by atoms with Gasteiger partial charge in [-0.15, -0.1) is 0 Å². The minimum atomic E-state index is 0.0170. The minimum Gasteiger partial charge on any atom is -0.372 e. The first-order valence-electron chi connectivity index (χ1n) is 25.2. The number of carbonyl (C=O) groups is 5. The molecule has 0 rings (SSSR count). The lowest BCUT2D eigenvalue weighted by Crippen LogP contribution is -2.29. The molecule has 2 unspecified atom stereocenters. The molecule has 0 aromatic heterocycles. The molecule has 0 bridgehead atoms. The van der Waals surface area contributed by atoms with E-state index in [9.17, 15) is 24.0 Å². The molecule has 0 fully saturated rings. The average Bonchev–Trinajstić information content (AvgIpc) is 3.18. The number of nitrogens with two attached hydrogens (primary N) is 2. The Balaban J connectivity index is -0.000000107. The second kappa shape index (κ2) is 56.9. The summed E-state index contributed by atoms with van der Waals surface area (Å²) in [5, 5.41) is 0. The summed E-state index contributed by atoms with van der Waals surface area (Å²) in [6, 6.07) is 0. The number of Topliss-reactive ketones (excluding diaryl/α,β-unsaturated/α-hetero) is 5. The smallest absolute Gasteiger partial charge is 0.161 e. The zero-order chi connectivity index (χ0) is 56.4. The van der Waals surface area contributed by atoms with Gasteiger partial charge in [-0.2, -0.15) is 0 Å². The van der Waals surface area contributed by atoms with Crippen molar-refractivity contribution in [2.45, 2.75) is 145 Å². The topological polar surface area (TPSA) is 193 Å². The highest BCUT2D eigenvalue weighted by atomic mass is 16.5. The SMILES string of the molecule is CC(=O)COCCN.CC(=O)COCCN(C)C.CC(C(=O)COCCN(C)C)C(C)(C)C.CC(C(=O)COCCN)C(C)(C)C.CC(C)C.CC(C)C.CC(C)C.CCC(=O)COCCN(C)C. The number of hydrogen-bond donors (Lipinski definition) is 2. The second-order valence-electron chi connectivity index (χ2n) is 21.9. The molecule has 69 heavy (non-hydrogen) atoms. The minimum absolute atomic E-state index is 0.0170. The van der Waals surface area contributed by atoms with Gasteiger partial charge in [0.1, 0.15) is 33.0 Å². The van der Waals surface area contributed by atoms with Gasteiger partial charge in [-0.1, -0.05) is 125 Å². The summed E-state index contributed by atoms with van der Waals surface area (Å²) in [6.07, 6.45) is 0.571. The van der Waals surface area contributed by atoms with Crippen LogP contribution in [0.4, 0.5) is 0 Å². The van der Waals surface area contributed by atoms with Crippen molar-refractivity contribution in [1.29, 1.82) is 0 Å². The Bertz CT molecular complexity index is 1110. The predicted octanol–water partition coefficient (Wildman–Crippen LogP) is 8.26. The quantitative estimate of drug-likeness (QED) is 0.0786. The lowest BCUT2D eigenvalue weighted by molar-refractivity contribution is -0.130. The first kappa shape index (κ1) is 83.8. The Morgan fingerprint density at radius 1 is 0.420 bits per heavy atom. The fraction of sp³-hybridized carbons (Fsp3) is 0.907. The maximum atomic E-state index is 11.7. The van der Waals surface area contributed by atoms with Crippen molar-refractivity contribution in [1.82, 2.24) is 14.7 Å². The second-order valence-corrected chi connectivity index (χ2v) is 21.9. The number of hydrogen-bond acceptors (Lipinski definition) is 15. The highest BCUT2D eigenvalue weighted by molar-refractivity contribution is 5.83. The van der Waals surface area contributed by atoms with Gasteiger partial charge in [0.25, 0.3) is 0 Å². The fourth-order valence-electron chi connectivity index (χ4n) is 3.19. The van der Waals surface area contributed by atoms with Gasteiger partial charge in [0, 0.05) is 51.0 Å². The molecule has 0 saturated heterocycles. The van der Waals surface area contributed by atoms with Gasteiger partial charge in [-0.25, -0.2) is 0 Å². The van der Waals surface area contributed by atoms with Crippen molar-refractivity contribution < 1.29 is 47.7 Å². The predicted molar refractivity (Wildman–Crippen MR) is 293 cm³/mol. The van der Waals surface area contributed by atoms with E-state index in [2.05, 4.69) is 104 Å². The molecule has 0 amide bonds. The van der Waals surface area contributed by atoms with Crippen LogP contribution in [0.25, 0.3) is 0 Å². The molecule has 0 aliphatic heterocycles. The Kier molecular flexibility index (Phi) is 69.0. The van der Waals surface area contributed by atoms with Crippen LogP contribution < -0.4 is 11.5 Å². The van der Waals surface area contributed by atoms with Crippen molar-refractivity contribution in [2.24, 2.45) is 51.9 Å². The fourth-order valence-corrected chi connectivity index (χ4v) is 3.19. The molecule has 0 aromatic carbocycles. The van der Waals surface area contributed by atoms with Crippen molar-refractivity contribution in [3.05, 3.63) is 0 Å². The van der Waals surface area contributed by atoms with Crippen LogP contribution in [-0.4, -0.2) is 185 Å². The van der Waals surface area contributed by atoms with Gasteiger partial charge < -0.3 is 49.9 Å². The number of likely N-dealkylation sites (N-methyl/N-ethyl adjacent to an activating group) is 3. The molecule has 15 heteroatoms. The first-order chi connectivity index (χ1) is 31.4. The van der Waals surface area contributed by atoms with E-state index >= 15 is 0 Å². The van der Waals surface area contributed by atoms with Gasteiger partial charge >= 0.3 is 0 Å². The van der Waals surface area contributed by atoms with Crippen LogP contribution in [0.3, 0.4) is 0 Å². The third kappa shape index (κ3) is 104. The summed E-state index contributed by atoms with van der Waals surface area (Å²) in [4.78, 5) is 60.5. The van der Waals surface area contributed by atoms with Crippen LogP contribution >= 0.6 is 0 Å². The molecule has 420 valence electrons. The van der Waals surface area contributed by atoms with E-state index in [4.69, 9.17) is 35.2 Å². The Morgan fingerprint density at radius 2 is 0.638 bits per heavy atom. The highest BCUT2D eigenvalue weighted by Crippen LogP contribution is 2.26. The number of carbonyl (C=O) groups excluding carboxylic acids is 5. The molecule has 15 nitrogen and oxygen atoms in total. The van der Waals surface area contributed by atoms with E-state index < -0.39 is 0 Å². The lowest BCUT2D eigenvalue weighted by Gasteiger charge is -2.25. The van der Waals surface area contributed by atoms with Crippen LogP contribution in [0.2, 0.25) is 0 Å². The number of ketones is 5. The molecule has 2 atom stereocenters. The van der Waals surface area contributed by atoms with Crippen molar-refractivity contribution in [3.63, 3.8) is 0 Å². The van der Waals surface area contributed by atoms with Gasteiger partial charge in [0.15, 0.2) is 28.9 Å². The van der Waals surface area contributed by atoms with Gasteiger partial charge in [-0.3, -0.25) is 24.0 Å². The van der Waals surface area contributed by atoms with Crippen LogP contribution in [-0.2, 0) is 47.7 Å². The Labute approximate surface area is 427 Å². The Morgan fingerprint density at radius 3 is 0.841 bits per heavy atom. The molecular weight excluding hydrogens is 879 g/mol. The average molecular weight is 999 g/mol. The van der Waals surface area contributed by atoms with E-state index in [0.29, 0.717) is 52.5 Å². The monoisotopic (exact) mass is 998 g/mol. The van der Waals surface area contributed by atoms with E-state index in [1.807, 2.05) is 77.8 Å².